The molecule has 0 amide bonds. The first kappa shape index (κ1) is 12.4. The highest BCUT2D eigenvalue weighted by atomic mass is 79.9. The molecule has 0 bridgehead atoms. The summed E-state index contributed by atoms with van der Waals surface area (Å²) in [6.45, 7) is 2.21. The van der Waals surface area contributed by atoms with Gasteiger partial charge in [0, 0.05) is 22.8 Å². The van der Waals surface area contributed by atoms with Gasteiger partial charge in [0.25, 0.3) is 0 Å². The van der Waals surface area contributed by atoms with Gasteiger partial charge in [-0.1, -0.05) is 41.4 Å². The molecule has 1 heterocycles. The van der Waals surface area contributed by atoms with Crippen LogP contribution in [0.2, 0.25) is 0 Å². The first-order chi connectivity index (χ1) is 8.20. The number of rotatable bonds is 4. The van der Waals surface area contributed by atoms with Crippen LogP contribution >= 0.6 is 15.9 Å². The lowest BCUT2D eigenvalue weighted by atomic mass is 10.1. The van der Waals surface area contributed by atoms with Gasteiger partial charge in [0.05, 0.1) is 5.69 Å². The topological polar surface area (TPSA) is 17.8 Å². The molecule has 2 aromatic rings. The molecule has 0 saturated carbocycles. The highest BCUT2D eigenvalue weighted by Gasteiger charge is 2.06. The van der Waals surface area contributed by atoms with E-state index >= 15 is 0 Å². The van der Waals surface area contributed by atoms with Gasteiger partial charge in [-0.15, -0.1) is 0 Å². The first-order valence-corrected chi connectivity index (χ1v) is 6.79. The summed E-state index contributed by atoms with van der Waals surface area (Å²) in [5.41, 5.74) is 3.53. The van der Waals surface area contributed by atoms with E-state index < -0.39 is 0 Å². The van der Waals surface area contributed by atoms with Gasteiger partial charge in [-0.25, -0.2) is 0 Å². The van der Waals surface area contributed by atoms with Crippen LogP contribution in [0.15, 0.2) is 34.8 Å². The molecule has 90 valence electrons. The number of hydrogen-bond acceptors (Lipinski definition) is 1. The van der Waals surface area contributed by atoms with E-state index in [1.54, 1.807) is 0 Å². The van der Waals surface area contributed by atoms with Crippen LogP contribution < -0.4 is 0 Å². The Kier molecular flexibility index (Phi) is 4.00. The molecule has 0 fully saturated rings. The van der Waals surface area contributed by atoms with Crippen molar-refractivity contribution >= 4 is 15.9 Å². The van der Waals surface area contributed by atoms with Crippen LogP contribution in [-0.4, -0.2) is 9.78 Å². The molecule has 2 nitrogen and oxygen atoms in total. The summed E-state index contributed by atoms with van der Waals surface area (Å²) < 4.78 is 3.09. The zero-order chi connectivity index (χ0) is 12.3. The van der Waals surface area contributed by atoms with Crippen molar-refractivity contribution in [3.8, 4) is 11.3 Å². The van der Waals surface area contributed by atoms with Crippen LogP contribution in [0, 0.1) is 0 Å². The Morgan fingerprint density at radius 3 is 2.82 bits per heavy atom. The molecule has 0 aliphatic heterocycles. The lowest BCUT2D eigenvalue weighted by Crippen LogP contribution is -1.97. The van der Waals surface area contributed by atoms with Crippen LogP contribution in [0.1, 0.15) is 25.5 Å². The molecule has 0 radical (unpaired) electrons. The summed E-state index contributed by atoms with van der Waals surface area (Å²) in [4.78, 5) is 0. The van der Waals surface area contributed by atoms with Crippen molar-refractivity contribution in [2.45, 2.75) is 26.2 Å². The number of unbranched alkanes of at least 4 members (excludes halogenated alkanes) is 1. The monoisotopic (exact) mass is 292 g/mol. The summed E-state index contributed by atoms with van der Waals surface area (Å²) in [6.07, 6.45) is 3.54. The molecule has 0 N–H and O–H groups in total. The first-order valence-electron chi connectivity index (χ1n) is 5.99. The van der Waals surface area contributed by atoms with E-state index in [9.17, 15) is 0 Å². The van der Waals surface area contributed by atoms with Crippen molar-refractivity contribution in [1.29, 1.82) is 0 Å². The van der Waals surface area contributed by atoms with E-state index in [4.69, 9.17) is 0 Å². The highest BCUT2D eigenvalue weighted by molar-refractivity contribution is 9.10. The number of nitrogens with zero attached hydrogens (tertiary/aromatic N) is 2. The van der Waals surface area contributed by atoms with Crippen molar-refractivity contribution in [3.05, 3.63) is 40.5 Å². The molecule has 1 aromatic heterocycles. The molecule has 2 rings (SSSR count). The zero-order valence-corrected chi connectivity index (χ0v) is 11.9. The van der Waals surface area contributed by atoms with Crippen molar-refractivity contribution in [3.63, 3.8) is 0 Å². The molecular weight excluding hydrogens is 276 g/mol. The maximum atomic E-state index is 4.57. The minimum absolute atomic E-state index is 1.06. The minimum atomic E-state index is 1.06. The molecule has 0 aliphatic carbocycles. The third-order valence-corrected chi connectivity index (χ3v) is 3.38. The maximum absolute atomic E-state index is 4.57. The molecule has 17 heavy (non-hydrogen) atoms. The Labute approximate surface area is 111 Å². The second kappa shape index (κ2) is 5.50. The van der Waals surface area contributed by atoms with Crippen molar-refractivity contribution in [2.75, 3.05) is 0 Å². The quantitative estimate of drug-likeness (QED) is 0.826. The van der Waals surface area contributed by atoms with Crippen LogP contribution in [0.3, 0.4) is 0 Å². The second-order valence-electron chi connectivity index (χ2n) is 4.26. The molecule has 3 heteroatoms. The lowest BCUT2D eigenvalue weighted by molar-refractivity contribution is 0.677. The molecule has 1 aromatic carbocycles. The summed E-state index contributed by atoms with van der Waals surface area (Å²) in [7, 11) is 2.02. The van der Waals surface area contributed by atoms with Crippen LogP contribution in [0.25, 0.3) is 11.3 Å². The Bertz CT molecular complexity index is 503. The number of halogens is 1. The van der Waals surface area contributed by atoms with Gasteiger partial charge in [0.2, 0.25) is 0 Å². The molecular formula is C14H17BrN2. The van der Waals surface area contributed by atoms with Gasteiger partial charge >= 0.3 is 0 Å². The van der Waals surface area contributed by atoms with Gasteiger partial charge in [-0.3, -0.25) is 4.68 Å². The SMILES string of the molecule is CCCCc1cc(-c2cccc(Br)c2)nn1C. The van der Waals surface area contributed by atoms with Crippen molar-refractivity contribution < 1.29 is 0 Å². The summed E-state index contributed by atoms with van der Waals surface area (Å²) in [6, 6.07) is 10.5. The van der Waals surface area contributed by atoms with E-state index in [-0.39, 0.29) is 0 Å². The van der Waals surface area contributed by atoms with Crippen LogP contribution in [0.4, 0.5) is 0 Å². The molecule has 0 atom stereocenters. The van der Waals surface area contributed by atoms with Crippen LogP contribution in [-0.2, 0) is 13.5 Å². The average Bonchev–Trinajstić information content (AvgIpc) is 2.68. The summed E-state index contributed by atoms with van der Waals surface area (Å²) in [5, 5.41) is 4.57. The minimum Gasteiger partial charge on any atom is -0.272 e. The predicted octanol–water partition coefficient (Wildman–Crippen LogP) is 4.19. The normalized spacial score (nSPS) is 10.8. The van der Waals surface area contributed by atoms with Crippen molar-refractivity contribution in [1.82, 2.24) is 9.78 Å². The zero-order valence-electron chi connectivity index (χ0n) is 10.3. The molecule has 0 aliphatic rings. The summed E-state index contributed by atoms with van der Waals surface area (Å²) >= 11 is 3.49. The average molecular weight is 293 g/mol. The third kappa shape index (κ3) is 2.97. The molecule has 0 spiro atoms. The van der Waals surface area contributed by atoms with E-state index in [0.717, 1.165) is 22.2 Å². The lowest BCUT2D eigenvalue weighted by Gasteiger charge is -1.98. The van der Waals surface area contributed by atoms with E-state index in [1.807, 2.05) is 23.9 Å². The predicted molar refractivity (Wildman–Crippen MR) is 75.0 cm³/mol. The van der Waals surface area contributed by atoms with Gasteiger partial charge in [0.1, 0.15) is 0 Å². The smallest absolute Gasteiger partial charge is 0.0926 e. The molecule has 0 saturated heterocycles. The van der Waals surface area contributed by atoms with Gasteiger partial charge in [-0.05, 0) is 31.0 Å². The fourth-order valence-corrected chi connectivity index (χ4v) is 2.29. The highest BCUT2D eigenvalue weighted by Crippen LogP contribution is 2.23. The Morgan fingerprint density at radius 1 is 1.29 bits per heavy atom. The van der Waals surface area contributed by atoms with Crippen molar-refractivity contribution in [2.24, 2.45) is 7.05 Å². The van der Waals surface area contributed by atoms with E-state index in [2.05, 4.69) is 46.2 Å². The maximum Gasteiger partial charge on any atom is 0.0926 e. The fourth-order valence-electron chi connectivity index (χ4n) is 1.89. The van der Waals surface area contributed by atoms with Gasteiger partial charge in [0.15, 0.2) is 0 Å². The van der Waals surface area contributed by atoms with E-state index in [0.29, 0.717) is 0 Å². The number of benzene rings is 1. The Hall–Kier alpha value is -1.09. The number of aryl methyl sites for hydroxylation is 2. The van der Waals surface area contributed by atoms with E-state index in [1.165, 1.54) is 18.5 Å². The van der Waals surface area contributed by atoms with Gasteiger partial charge in [-0.2, -0.15) is 5.10 Å². The van der Waals surface area contributed by atoms with Crippen LogP contribution in [0.5, 0.6) is 0 Å². The number of aromatic nitrogens is 2. The summed E-state index contributed by atoms with van der Waals surface area (Å²) in [5.74, 6) is 0. The largest absolute Gasteiger partial charge is 0.272 e. The Balaban J connectivity index is 2.28. The molecule has 0 unspecified atom stereocenters. The fraction of sp³-hybridized carbons (Fsp3) is 0.357. The number of hydrogen-bond donors (Lipinski definition) is 0. The third-order valence-electron chi connectivity index (χ3n) is 2.88. The second-order valence-corrected chi connectivity index (χ2v) is 5.17. The Morgan fingerprint density at radius 2 is 2.12 bits per heavy atom. The standard InChI is InChI=1S/C14H17BrN2/c1-3-4-8-13-10-14(16-17(13)2)11-6-5-7-12(15)9-11/h5-7,9-10H,3-4,8H2,1-2H3. The van der Waals surface area contributed by atoms with Gasteiger partial charge < -0.3 is 0 Å².